The van der Waals surface area contributed by atoms with Crippen LogP contribution >= 0.6 is 11.6 Å². The fraction of sp³-hybridized carbons (Fsp3) is 0.412. The fourth-order valence-electron chi connectivity index (χ4n) is 2.84. The molecule has 122 valence electrons. The molecule has 23 heavy (non-hydrogen) atoms. The molecule has 1 unspecified atom stereocenters. The molecule has 1 saturated heterocycles. The maximum Gasteiger partial charge on any atom is 0.276 e. The zero-order valence-electron chi connectivity index (χ0n) is 13.3. The molecule has 0 radical (unpaired) electrons. The first-order valence-electron chi connectivity index (χ1n) is 7.64. The molecule has 1 atom stereocenters. The van der Waals surface area contributed by atoms with Crippen LogP contribution in [0.25, 0.3) is 11.3 Å². The molecule has 1 aromatic heterocycles. The molecule has 1 fully saturated rings. The number of carbonyl (C=O) groups is 1. The highest BCUT2D eigenvalue weighted by atomic mass is 35.5. The number of hydrogen-bond acceptors (Lipinski definition) is 4. The first kappa shape index (κ1) is 16.0. The number of piperidine rings is 1. The molecule has 5 nitrogen and oxygen atoms in total. The number of hydrogen-bond donors (Lipinski definition) is 1. The van der Waals surface area contributed by atoms with Crippen LogP contribution in [0.1, 0.15) is 30.8 Å². The van der Waals surface area contributed by atoms with Crippen molar-refractivity contribution in [2.45, 2.75) is 26.3 Å². The number of nitrogens with two attached hydrogens (primary N) is 1. The van der Waals surface area contributed by atoms with Gasteiger partial charge in [-0.05, 0) is 36.1 Å². The molecule has 0 bridgehead atoms. The van der Waals surface area contributed by atoms with Crippen LogP contribution in [0.5, 0.6) is 0 Å². The van der Waals surface area contributed by atoms with E-state index >= 15 is 0 Å². The summed E-state index contributed by atoms with van der Waals surface area (Å²) in [6.07, 6.45) is 0.792. The maximum atomic E-state index is 12.6. The molecular weight excluding hydrogens is 314 g/mol. The summed E-state index contributed by atoms with van der Waals surface area (Å²) >= 11 is 5.88. The lowest BCUT2D eigenvalue weighted by Crippen LogP contribution is -2.54. The number of amides is 1. The van der Waals surface area contributed by atoms with E-state index in [2.05, 4.69) is 19.0 Å². The van der Waals surface area contributed by atoms with Crippen LogP contribution in [0.4, 0.5) is 0 Å². The molecule has 6 heteroatoms. The van der Waals surface area contributed by atoms with Crippen LogP contribution in [0, 0.1) is 5.41 Å². The van der Waals surface area contributed by atoms with Gasteiger partial charge in [-0.25, -0.2) is 0 Å². The lowest BCUT2D eigenvalue weighted by atomic mass is 9.79. The van der Waals surface area contributed by atoms with Crippen LogP contribution in [0.15, 0.2) is 34.9 Å². The Morgan fingerprint density at radius 3 is 2.74 bits per heavy atom. The molecule has 2 aromatic rings. The van der Waals surface area contributed by atoms with Crippen LogP contribution < -0.4 is 5.73 Å². The van der Waals surface area contributed by atoms with Gasteiger partial charge in [0.15, 0.2) is 11.5 Å². The summed E-state index contributed by atoms with van der Waals surface area (Å²) in [5.41, 5.74) is 7.18. The third-order valence-corrected chi connectivity index (χ3v) is 4.71. The minimum Gasteiger partial charge on any atom is -0.355 e. The van der Waals surface area contributed by atoms with Gasteiger partial charge in [0.25, 0.3) is 5.91 Å². The second kappa shape index (κ2) is 5.98. The van der Waals surface area contributed by atoms with E-state index < -0.39 is 0 Å². The number of nitrogens with zero attached hydrogens (tertiary/aromatic N) is 2. The summed E-state index contributed by atoms with van der Waals surface area (Å²) in [4.78, 5) is 14.4. The number of benzene rings is 1. The Hall–Kier alpha value is -1.85. The zero-order valence-corrected chi connectivity index (χ0v) is 14.0. The van der Waals surface area contributed by atoms with Crippen LogP contribution in [0.3, 0.4) is 0 Å². The smallest absolute Gasteiger partial charge is 0.276 e. The molecule has 0 aliphatic carbocycles. The van der Waals surface area contributed by atoms with Gasteiger partial charge in [0.05, 0.1) is 0 Å². The third-order valence-electron chi connectivity index (χ3n) is 4.46. The predicted molar refractivity (Wildman–Crippen MR) is 89.2 cm³/mol. The highest BCUT2D eigenvalue weighted by Crippen LogP contribution is 2.29. The van der Waals surface area contributed by atoms with Gasteiger partial charge < -0.3 is 15.2 Å². The topological polar surface area (TPSA) is 72.4 Å². The molecule has 1 amide bonds. The van der Waals surface area contributed by atoms with Crippen molar-refractivity contribution in [2.24, 2.45) is 11.1 Å². The second-order valence-corrected chi connectivity index (χ2v) is 7.13. The van der Waals surface area contributed by atoms with E-state index in [0.29, 0.717) is 29.6 Å². The van der Waals surface area contributed by atoms with Crippen LogP contribution in [0.2, 0.25) is 5.02 Å². The van der Waals surface area contributed by atoms with E-state index in [1.807, 2.05) is 12.1 Å². The Labute approximate surface area is 140 Å². The highest BCUT2D eigenvalue weighted by Gasteiger charge is 2.36. The summed E-state index contributed by atoms with van der Waals surface area (Å²) in [6.45, 7) is 5.43. The van der Waals surface area contributed by atoms with Crippen molar-refractivity contribution in [3.8, 4) is 11.3 Å². The Kier molecular flexibility index (Phi) is 4.17. The minimum atomic E-state index is -0.117. The quantitative estimate of drug-likeness (QED) is 0.916. The van der Waals surface area contributed by atoms with Gasteiger partial charge >= 0.3 is 0 Å². The van der Waals surface area contributed by atoms with Crippen molar-refractivity contribution in [3.05, 3.63) is 41.0 Å². The minimum absolute atomic E-state index is 0.101. The van der Waals surface area contributed by atoms with Crippen molar-refractivity contribution >= 4 is 17.5 Å². The monoisotopic (exact) mass is 333 g/mol. The van der Waals surface area contributed by atoms with Gasteiger partial charge in [-0.2, -0.15) is 0 Å². The number of carbonyl (C=O) groups excluding carboxylic acids is 1. The Morgan fingerprint density at radius 1 is 1.39 bits per heavy atom. The summed E-state index contributed by atoms with van der Waals surface area (Å²) in [6, 6.07) is 8.99. The summed E-state index contributed by atoms with van der Waals surface area (Å²) in [5.74, 6) is 0.437. The Balaban J connectivity index is 1.77. The summed E-state index contributed by atoms with van der Waals surface area (Å²) in [7, 11) is 0. The second-order valence-electron chi connectivity index (χ2n) is 6.69. The van der Waals surface area contributed by atoms with Gasteiger partial charge in [-0.15, -0.1) is 0 Å². The van der Waals surface area contributed by atoms with E-state index in [9.17, 15) is 4.79 Å². The van der Waals surface area contributed by atoms with Crippen molar-refractivity contribution in [3.63, 3.8) is 0 Å². The van der Waals surface area contributed by atoms with Crippen molar-refractivity contribution < 1.29 is 9.32 Å². The normalized spacial score (nSPS) is 20.5. The standard InChI is InChI=1S/C17H20ClN3O2/c1-17(2)10-21(8-7-15(17)19)16(22)13-9-14(23-20-13)11-3-5-12(18)6-4-11/h3-6,9,15H,7-8,10,19H2,1-2H3. The van der Waals surface area contributed by atoms with E-state index in [4.69, 9.17) is 21.9 Å². The molecule has 1 aromatic carbocycles. The van der Waals surface area contributed by atoms with Gasteiger partial charge in [0, 0.05) is 35.8 Å². The average Bonchev–Trinajstić information content (AvgIpc) is 3.00. The zero-order chi connectivity index (χ0) is 16.6. The van der Waals surface area contributed by atoms with Crippen LogP contribution in [-0.2, 0) is 0 Å². The Bertz CT molecular complexity index is 709. The molecule has 0 saturated carbocycles. The van der Waals surface area contributed by atoms with Gasteiger partial charge in [0.1, 0.15) is 0 Å². The molecule has 1 aliphatic rings. The lowest BCUT2D eigenvalue weighted by Gasteiger charge is -2.42. The SMILES string of the molecule is CC1(C)CN(C(=O)c2cc(-c3ccc(Cl)cc3)on2)CCC1N. The van der Waals surface area contributed by atoms with E-state index in [-0.39, 0.29) is 17.4 Å². The molecular formula is C17H20ClN3O2. The van der Waals surface area contributed by atoms with Crippen molar-refractivity contribution in [2.75, 3.05) is 13.1 Å². The number of rotatable bonds is 2. The maximum absolute atomic E-state index is 12.6. The van der Waals surface area contributed by atoms with Crippen molar-refractivity contribution in [1.29, 1.82) is 0 Å². The van der Waals surface area contributed by atoms with Gasteiger partial charge in [0.2, 0.25) is 0 Å². The number of halogens is 1. The molecule has 1 aliphatic heterocycles. The first-order valence-corrected chi connectivity index (χ1v) is 8.02. The largest absolute Gasteiger partial charge is 0.355 e. The molecule has 3 rings (SSSR count). The fourth-order valence-corrected chi connectivity index (χ4v) is 2.96. The van der Waals surface area contributed by atoms with Gasteiger partial charge in [-0.1, -0.05) is 30.6 Å². The first-order chi connectivity index (χ1) is 10.9. The predicted octanol–water partition coefficient (Wildman–Crippen LogP) is 3.19. The molecule has 2 heterocycles. The number of aromatic nitrogens is 1. The third kappa shape index (κ3) is 3.26. The van der Waals surface area contributed by atoms with E-state index in [1.54, 1.807) is 23.1 Å². The molecule has 0 spiro atoms. The lowest BCUT2D eigenvalue weighted by molar-refractivity contribution is 0.0523. The van der Waals surface area contributed by atoms with E-state index in [0.717, 1.165) is 12.0 Å². The summed E-state index contributed by atoms with van der Waals surface area (Å²) in [5, 5.41) is 4.58. The van der Waals surface area contributed by atoms with Crippen LogP contribution in [-0.4, -0.2) is 35.1 Å². The Morgan fingerprint density at radius 2 is 2.09 bits per heavy atom. The highest BCUT2D eigenvalue weighted by molar-refractivity contribution is 6.30. The summed E-state index contributed by atoms with van der Waals surface area (Å²) < 4.78 is 5.31. The van der Waals surface area contributed by atoms with Crippen molar-refractivity contribution in [1.82, 2.24) is 10.1 Å². The van der Waals surface area contributed by atoms with Gasteiger partial charge in [-0.3, -0.25) is 4.79 Å². The average molecular weight is 334 g/mol. The molecule has 2 N–H and O–H groups in total. The number of likely N-dealkylation sites (tertiary alicyclic amines) is 1. The van der Waals surface area contributed by atoms with E-state index in [1.165, 1.54) is 0 Å².